The first-order chi connectivity index (χ1) is 9.54. The number of benzene rings is 1. The quantitative estimate of drug-likeness (QED) is 0.741. The van der Waals surface area contributed by atoms with E-state index in [-0.39, 0.29) is 17.2 Å². The molecule has 0 radical (unpaired) electrons. The van der Waals surface area contributed by atoms with Gasteiger partial charge in [-0.15, -0.1) is 0 Å². The van der Waals surface area contributed by atoms with Crippen molar-refractivity contribution in [2.45, 2.75) is 51.0 Å². The van der Waals surface area contributed by atoms with E-state index in [4.69, 9.17) is 0 Å². The number of carbonyl (C=O) groups excluding carboxylic acids is 1. The Balaban J connectivity index is 1.98. The largest absolute Gasteiger partial charge is 0.508 e. The molecular formula is C16H24N2O2. The summed E-state index contributed by atoms with van der Waals surface area (Å²) in [5, 5.41) is 15.8. The summed E-state index contributed by atoms with van der Waals surface area (Å²) in [5.74, 6) is 0.285. The summed E-state index contributed by atoms with van der Waals surface area (Å²) in [7, 11) is 1.95. The van der Waals surface area contributed by atoms with Crippen LogP contribution >= 0.6 is 0 Å². The molecule has 0 unspecified atom stereocenters. The molecule has 0 spiro atoms. The number of carbonyl (C=O) groups is 1. The van der Waals surface area contributed by atoms with Gasteiger partial charge in [0.2, 0.25) is 5.91 Å². The van der Waals surface area contributed by atoms with E-state index in [0.29, 0.717) is 6.42 Å². The van der Waals surface area contributed by atoms with Gasteiger partial charge in [0.25, 0.3) is 0 Å². The number of hydrogen-bond acceptors (Lipinski definition) is 3. The third-order valence-electron chi connectivity index (χ3n) is 4.32. The third-order valence-corrected chi connectivity index (χ3v) is 4.32. The van der Waals surface area contributed by atoms with Gasteiger partial charge in [-0.05, 0) is 50.6 Å². The number of rotatable bonds is 4. The van der Waals surface area contributed by atoms with Crippen molar-refractivity contribution in [3.05, 3.63) is 23.8 Å². The van der Waals surface area contributed by atoms with Crippen LogP contribution in [-0.4, -0.2) is 23.6 Å². The van der Waals surface area contributed by atoms with E-state index >= 15 is 0 Å². The van der Waals surface area contributed by atoms with Crippen LogP contribution < -0.4 is 10.6 Å². The Hall–Kier alpha value is -1.55. The molecule has 0 bridgehead atoms. The Morgan fingerprint density at radius 2 is 2.00 bits per heavy atom. The molecular weight excluding hydrogens is 252 g/mol. The number of amides is 1. The fourth-order valence-corrected chi connectivity index (χ4v) is 2.99. The highest BCUT2D eigenvalue weighted by atomic mass is 16.3. The number of nitrogens with one attached hydrogen (secondary N) is 2. The summed E-state index contributed by atoms with van der Waals surface area (Å²) < 4.78 is 0. The summed E-state index contributed by atoms with van der Waals surface area (Å²) >= 11 is 0. The van der Waals surface area contributed by atoms with E-state index in [9.17, 15) is 9.90 Å². The number of aryl methyl sites for hydroxylation is 1. The number of aromatic hydroxyl groups is 1. The summed E-state index contributed by atoms with van der Waals surface area (Å²) in [6.45, 7) is 1.82. The number of anilines is 1. The number of hydrogen-bond donors (Lipinski definition) is 3. The molecule has 1 fully saturated rings. The second kappa shape index (κ2) is 6.27. The van der Waals surface area contributed by atoms with Gasteiger partial charge in [-0.3, -0.25) is 4.79 Å². The van der Waals surface area contributed by atoms with Crippen molar-refractivity contribution >= 4 is 11.6 Å². The van der Waals surface area contributed by atoms with E-state index in [2.05, 4.69) is 10.6 Å². The molecule has 1 saturated carbocycles. The molecule has 1 aromatic carbocycles. The maximum atomic E-state index is 12.2. The molecule has 1 aromatic rings. The molecule has 0 atom stereocenters. The van der Waals surface area contributed by atoms with Gasteiger partial charge in [0, 0.05) is 17.6 Å². The zero-order valence-corrected chi connectivity index (χ0v) is 12.3. The van der Waals surface area contributed by atoms with Crippen LogP contribution in [0.2, 0.25) is 0 Å². The summed E-state index contributed by atoms with van der Waals surface area (Å²) in [5.41, 5.74) is 1.46. The molecule has 20 heavy (non-hydrogen) atoms. The lowest BCUT2D eigenvalue weighted by atomic mass is 9.79. The first-order valence-corrected chi connectivity index (χ1v) is 7.33. The molecule has 1 amide bonds. The fourth-order valence-electron chi connectivity index (χ4n) is 2.99. The van der Waals surface area contributed by atoms with Crippen LogP contribution in [0.3, 0.4) is 0 Å². The van der Waals surface area contributed by atoms with E-state index < -0.39 is 0 Å². The molecule has 0 saturated heterocycles. The van der Waals surface area contributed by atoms with Crippen LogP contribution in [0.15, 0.2) is 18.2 Å². The molecule has 4 heteroatoms. The van der Waals surface area contributed by atoms with Crippen molar-refractivity contribution in [2.24, 2.45) is 0 Å². The molecule has 0 aliphatic heterocycles. The molecule has 1 aliphatic carbocycles. The van der Waals surface area contributed by atoms with E-state index in [0.717, 1.165) is 24.1 Å². The smallest absolute Gasteiger partial charge is 0.226 e. The van der Waals surface area contributed by atoms with E-state index in [1.807, 2.05) is 14.0 Å². The Kier molecular flexibility index (Phi) is 4.65. The van der Waals surface area contributed by atoms with E-state index in [1.54, 1.807) is 18.2 Å². The van der Waals surface area contributed by atoms with Crippen LogP contribution in [0.25, 0.3) is 0 Å². The van der Waals surface area contributed by atoms with Crippen molar-refractivity contribution < 1.29 is 9.90 Å². The lowest BCUT2D eigenvalue weighted by molar-refractivity contribution is -0.117. The molecule has 0 aromatic heterocycles. The van der Waals surface area contributed by atoms with Gasteiger partial charge < -0.3 is 15.7 Å². The van der Waals surface area contributed by atoms with E-state index in [1.165, 1.54) is 19.3 Å². The normalized spacial score (nSPS) is 17.7. The van der Waals surface area contributed by atoms with Gasteiger partial charge in [0.15, 0.2) is 0 Å². The second-order valence-corrected chi connectivity index (χ2v) is 5.82. The topological polar surface area (TPSA) is 61.4 Å². The highest BCUT2D eigenvalue weighted by Crippen LogP contribution is 2.31. The average Bonchev–Trinajstić information content (AvgIpc) is 2.44. The zero-order chi connectivity index (χ0) is 14.6. The molecule has 110 valence electrons. The number of phenolic OH excluding ortho intramolecular Hbond substituents is 1. The predicted octanol–water partition coefficient (Wildman–Crippen LogP) is 2.95. The SMILES string of the molecule is CNC1(CC(=O)Nc2ccc(O)c(C)c2)CCCCC1. The first kappa shape index (κ1) is 14.9. The van der Waals surface area contributed by atoms with Gasteiger partial charge in [0.1, 0.15) is 5.75 Å². The first-order valence-electron chi connectivity index (χ1n) is 7.33. The highest BCUT2D eigenvalue weighted by molar-refractivity contribution is 5.91. The zero-order valence-electron chi connectivity index (χ0n) is 12.3. The van der Waals surface area contributed by atoms with Crippen LogP contribution in [0.5, 0.6) is 5.75 Å². The van der Waals surface area contributed by atoms with Gasteiger partial charge in [0.05, 0.1) is 0 Å². The molecule has 3 N–H and O–H groups in total. The minimum atomic E-state index is -0.0473. The van der Waals surface area contributed by atoms with Crippen molar-refractivity contribution in [3.8, 4) is 5.75 Å². The Morgan fingerprint density at radius 1 is 1.30 bits per heavy atom. The van der Waals surface area contributed by atoms with Crippen molar-refractivity contribution in [1.82, 2.24) is 5.32 Å². The molecule has 2 rings (SSSR count). The van der Waals surface area contributed by atoms with Gasteiger partial charge in [-0.2, -0.15) is 0 Å². The monoisotopic (exact) mass is 276 g/mol. The predicted molar refractivity (Wildman–Crippen MR) is 81.0 cm³/mol. The average molecular weight is 276 g/mol. The Labute approximate surface area is 120 Å². The van der Waals surface area contributed by atoms with Crippen molar-refractivity contribution in [3.63, 3.8) is 0 Å². The Bertz CT molecular complexity index is 479. The second-order valence-electron chi connectivity index (χ2n) is 5.82. The minimum absolute atomic E-state index is 0.0336. The van der Waals surface area contributed by atoms with Crippen LogP contribution in [0, 0.1) is 6.92 Å². The van der Waals surface area contributed by atoms with Crippen LogP contribution in [0.1, 0.15) is 44.1 Å². The third kappa shape index (κ3) is 3.51. The molecule has 0 heterocycles. The van der Waals surface area contributed by atoms with Crippen LogP contribution in [-0.2, 0) is 4.79 Å². The number of phenols is 1. The molecule has 4 nitrogen and oxygen atoms in total. The van der Waals surface area contributed by atoms with Gasteiger partial charge in [-0.1, -0.05) is 19.3 Å². The van der Waals surface area contributed by atoms with Crippen molar-refractivity contribution in [2.75, 3.05) is 12.4 Å². The highest BCUT2D eigenvalue weighted by Gasteiger charge is 2.32. The lowest BCUT2D eigenvalue weighted by Crippen LogP contribution is -2.47. The van der Waals surface area contributed by atoms with Crippen LogP contribution in [0.4, 0.5) is 5.69 Å². The maximum absolute atomic E-state index is 12.2. The summed E-state index contributed by atoms with van der Waals surface area (Å²) in [6, 6.07) is 5.13. The Morgan fingerprint density at radius 3 is 2.60 bits per heavy atom. The van der Waals surface area contributed by atoms with Gasteiger partial charge >= 0.3 is 0 Å². The summed E-state index contributed by atoms with van der Waals surface area (Å²) in [4.78, 5) is 12.2. The van der Waals surface area contributed by atoms with Crippen molar-refractivity contribution in [1.29, 1.82) is 0 Å². The fraction of sp³-hybridized carbons (Fsp3) is 0.562. The van der Waals surface area contributed by atoms with Gasteiger partial charge in [-0.25, -0.2) is 0 Å². The molecule has 1 aliphatic rings. The maximum Gasteiger partial charge on any atom is 0.226 e. The minimum Gasteiger partial charge on any atom is -0.508 e. The lowest BCUT2D eigenvalue weighted by Gasteiger charge is -2.36. The standard InChI is InChI=1S/C16H24N2O2/c1-12-10-13(6-7-14(12)19)18-15(20)11-16(17-2)8-4-3-5-9-16/h6-7,10,17,19H,3-5,8-9,11H2,1-2H3,(H,18,20). The summed E-state index contributed by atoms with van der Waals surface area (Å²) in [6.07, 6.45) is 6.27.